The molecule has 6 nitrogen and oxygen atoms in total. The van der Waals surface area contributed by atoms with Crippen LogP contribution in [0.2, 0.25) is 0 Å². The summed E-state index contributed by atoms with van der Waals surface area (Å²) < 4.78 is 43.5. The fraction of sp³-hybridized carbons (Fsp3) is 0.500. The van der Waals surface area contributed by atoms with Gasteiger partial charge in [-0.3, -0.25) is 9.69 Å². The van der Waals surface area contributed by atoms with Crippen LogP contribution in [0.3, 0.4) is 0 Å². The third-order valence-electron chi connectivity index (χ3n) is 6.17. The molecule has 1 N–H and O–H groups in total. The van der Waals surface area contributed by atoms with Crippen molar-refractivity contribution in [1.29, 1.82) is 0 Å². The Morgan fingerprint density at radius 1 is 1.21 bits per heavy atom. The van der Waals surface area contributed by atoms with Crippen molar-refractivity contribution in [3.8, 4) is 0 Å². The zero-order valence-corrected chi connectivity index (χ0v) is 18.7. The zero-order valence-electron chi connectivity index (χ0n) is 18.7. The number of halogens is 3. The predicted molar refractivity (Wildman–Crippen MR) is 121 cm³/mol. The Morgan fingerprint density at radius 3 is 2.70 bits per heavy atom. The summed E-state index contributed by atoms with van der Waals surface area (Å²) in [5.41, 5.74) is 2.29. The van der Waals surface area contributed by atoms with Crippen LogP contribution >= 0.6 is 0 Å². The highest BCUT2D eigenvalue weighted by Gasteiger charge is 2.33. The highest BCUT2D eigenvalue weighted by Crippen LogP contribution is 2.27. The third-order valence-corrected chi connectivity index (χ3v) is 6.17. The van der Waals surface area contributed by atoms with Crippen LogP contribution in [-0.4, -0.2) is 59.6 Å². The fourth-order valence-corrected chi connectivity index (χ4v) is 4.55. The second kappa shape index (κ2) is 9.99. The molecule has 33 heavy (non-hydrogen) atoms. The normalized spacial score (nSPS) is 16.4. The number of alkyl halides is 3. The molecule has 178 valence electrons. The maximum Gasteiger partial charge on any atom is 0.401 e. The molecule has 1 atom stereocenters. The number of H-pyrrole nitrogens is 1. The number of ketones is 1. The number of piperazine rings is 1. The van der Waals surface area contributed by atoms with Crippen molar-refractivity contribution in [3.63, 3.8) is 0 Å². The first kappa shape index (κ1) is 23.4. The maximum absolute atomic E-state index is 12.9. The van der Waals surface area contributed by atoms with Crippen molar-refractivity contribution in [2.45, 2.75) is 38.8 Å². The molecule has 2 aromatic heterocycles. The highest BCUT2D eigenvalue weighted by atomic mass is 19.4. The Hall–Kier alpha value is -2.81. The lowest BCUT2D eigenvalue weighted by Gasteiger charge is -2.34. The lowest BCUT2D eigenvalue weighted by atomic mass is 9.90. The van der Waals surface area contributed by atoms with Crippen molar-refractivity contribution in [3.05, 3.63) is 48.0 Å². The molecular formula is C24H29F3N4O2. The number of hydrogen-bond donors (Lipinski definition) is 1. The summed E-state index contributed by atoms with van der Waals surface area (Å²) in [5, 5.41) is 1.18. The van der Waals surface area contributed by atoms with Gasteiger partial charge in [-0.1, -0.05) is 31.5 Å². The second-order valence-electron chi connectivity index (χ2n) is 8.73. The van der Waals surface area contributed by atoms with Crippen molar-refractivity contribution in [2.24, 2.45) is 5.92 Å². The van der Waals surface area contributed by atoms with Crippen LogP contribution < -0.4 is 4.90 Å². The summed E-state index contributed by atoms with van der Waals surface area (Å²) in [6.07, 6.45) is 2.31. The number of fused-ring (bicyclic) bond motifs is 1. The van der Waals surface area contributed by atoms with Crippen LogP contribution in [-0.2, 0) is 6.42 Å². The smallest absolute Gasteiger partial charge is 0.401 e. The first-order valence-corrected chi connectivity index (χ1v) is 11.4. The maximum atomic E-state index is 12.9. The second-order valence-corrected chi connectivity index (χ2v) is 8.73. The molecule has 3 heterocycles. The Balaban J connectivity index is 1.36. The van der Waals surface area contributed by atoms with Crippen LogP contribution in [0, 0.1) is 5.92 Å². The van der Waals surface area contributed by atoms with Gasteiger partial charge in [0, 0.05) is 49.7 Å². The minimum Gasteiger partial charge on any atom is -0.420 e. The molecule has 1 aromatic carbocycles. The first-order valence-electron chi connectivity index (χ1n) is 11.4. The quantitative estimate of drug-likeness (QED) is 0.450. The van der Waals surface area contributed by atoms with Gasteiger partial charge >= 0.3 is 6.18 Å². The van der Waals surface area contributed by atoms with Gasteiger partial charge in [-0.05, 0) is 30.4 Å². The Morgan fingerprint density at radius 2 is 1.97 bits per heavy atom. The third kappa shape index (κ3) is 5.96. The Bertz CT molecular complexity index is 1070. The molecule has 0 aliphatic carbocycles. The molecule has 1 saturated heterocycles. The van der Waals surface area contributed by atoms with Crippen LogP contribution in [0.15, 0.2) is 41.1 Å². The molecule has 1 fully saturated rings. The average Bonchev–Trinajstić information content (AvgIpc) is 3.41. The highest BCUT2D eigenvalue weighted by molar-refractivity contribution is 5.93. The molecule has 1 unspecified atom stereocenters. The van der Waals surface area contributed by atoms with Gasteiger partial charge in [-0.15, -0.1) is 0 Å². The van der Waals surface area contributed by atoms with E-state index in [4.69, 9.17) is 4.42 Å². The van der Waals surface area contributed by atoms with Gasteiger partial charge < -0.3 is 14.3 Å². The van der Waals surface area contributed by atoms with Crippen molar-refractivity contribution < 1.29 is 22.4 Å². The molecule has 9 heteroatoms. The zero-order chi connectivity index (χ0) is 23.4. The topological polar surface area (TPSA) is 65.4 Å². The van der Waals surface area contributed by atoms with Crippen molar-refractivity contribution >= 4 is 22.7 Å². The van der Waals surface area contributed by atoms with E-state index in [0.29, 0.717) is 25.5 Å². The van der Waals surface area contributed by atoms with Gasteiger partial charge in [-0.2, -0.15) is 13.2 Å². The monoisotopic (exact) mass is 462 g/mol. The van der Waals surface area contributed by atoms with E-state index in [-0.39, 0.29) is 30.6 Å². The molecule has 1 aliphatic rings. The van der Waals surface area contributed by atoms with E-state index in [1.165, 1.54) is 22.0 Å². The van der Waals surface area contributed by atoms with Crippen LogP contribution in [0.1, 0.15) is 42.3 Å². The summed E-state index contributed by atoms with van der Waals surface area (Å²) in [6.45, 7) is 2.50. The SMILES string of the molecule is CCCC(CC(=O)c1cnc(N2CCN(CC(F)(F)F)CC2)o1)Cc1c[nH]c2ccccc12. The summed E-state index contributed by atoms with van der Waals surface area (Å²) in [6, 6.07) is 8.43. The number of rotatable bonds is 9. The number of carbonyl (C=O) groups excluding carboxylic acids is 1. The molecule has 1 aliphatic heterocycles. The summed E-state index contributed by atoms with van der Waals surface area (Å²) in [7, 11) is 0. The number of nitrogens with one attached hydrogen (secondary N) is 1. The van der Waals surface area contributed by atoms with Crippen molar-refractivity contribution in [2.75, 3.05) is 37.6 Å². The summed E-state index contributed by atoms with van der Waals surface area (Å²) in [5.74, 6) is 0.298. The standard InChI is InChI=1S/C24H29F3N4O2/c1-2-5-17(12-18-14-28-20-7-4-3-6-19(18)20)13-21(32)22-15-29-23(33-22)31-10-8-30(9-11-31)16-24(25,26)27/h3-4,6-7,14-15,17,28H,2,5,8-13,16H2,1H3. The van der Waals surface area contributed by atoms with Gasteiger partial charge in [0.1, 0.15) is 0 Å². The molecule has 4 rings (SSSR count). The fourth-order valence-electron chi connectivity index (χ4n) is 4.55. The van der Waals surface area contributed by atoms with Gasteiger partial charge in [-0.25, -0.2) is 4.98 Å². The average molecular weight is 463 g/mol. The van der Waals surface area contributed by atoms with E-state index >= 15 is 0 Å². The number of anilines is 1. The largest absolute Gasteiger partial charge is 0.420 e. The number of hydrogen-bond acceptors (Lipinski definition) is 5. The van der Waals surface area contributed by atoms with E-state index in [1.807, 2.05) is 24.4 Å². The lowest BCUT2D eigenvalue weighted by Crippen LogP contribution is -2.49. The molecular weight excluding hydrogens is 433 g/mol. The number of carbonyl (C=O) groups is 1. The number of benzene rings is 1. The van der Waals surface area contributed by atoms with E-state index in [1.54, 1.807) is 4.90 Å². The lowest BCUT2D eigenvalue weighted by molar-refractivity contribution is -0.146. The van der Waals surface area contributed by atoms with Crippen LogP contribution in [0.5, 0.6) is 0 Å². The first-order chi connectivity index (χ1) is 15.8. The number of nitrogens with zero attached hydrogens (tertiary/aromatic N) is 3. The van der Waals surface area contributed by atoms with Gasteiger partial charge in [0.25, 0.3) is 6.01 Å². The van der Waals surface area contributed by atoms with Gasteiger partial charge in [0.15, 0.2) is 11.5 Å². The number of oxazole rings is 1. The minimum absolute atomic E-state index is 0.0947. The van der Waals surface area contributed by atoms with E-state index in [9.17, 15) is 18.0 Å². The van der Waals surface area contributed by atoms with E-state index < -0.39 is 12.7 Å². The summed E-state index contributed by atoms with van der Waals surface area (Å²) in [4.78, 5) is 23.6. The Labute approximate surface area is 190 Å². The van der Waals surface area contributed by atoms with Gasteiger partial charge in [0.05, 0.1) is 12.7 Å². The number of aromatic amines is 1. The molecule has 0 spiro atoms. The van der Waals surface area contributed by atoms with Crippen molar-refractivity contribution in [1.82, 2.24) is 14.9 Å². The van der Waals surface area contributed by atoms with E-state index in [2.05, 4.69) is 23.0 Å². The number of aromatic nitrogens is 2. The molecule has 0 amide bonds. The van der Waals surface area contributed by atoms with Crippen LogP contribution in [0.4, 0.5) is 19.2 Å². The van der Waals surface area contributed by atoms with Crippen LogP contribution in [0.25, 0.3) is 10.9 Å². The Kier molecular flexibility index (Phi) is 7.07. The molecule has 3 aromatic rings. The van der Waals surface area contributed by atoms with E-state index in [0.717, 1.165) is 24.8 Å². The number of para-hydroxylation sites is 1. The minimum atomic E-state index is -4.20. The van der Waals surface area contributed by atoms with Gasteiger partial charge in [0.2, 0.25) is 0 Å². The molecule has 0 bridgehead atoms. The molecule has 0 saturated carbocycles. The molecule has 0 radical (unpaired) electrons. The number of Topliss-reactive ketones (excluding diaryl/α,β-unsaturated/α-hetero) is 1. The predicted octanol–water partition coefficient (Wildman–Crippen LogP) is 5.07. The summed E-state index contributed by atoms with van der Waals surface area (Å²) >= 11 is 0.